The number of nitrogens with one attached hydrogen (secondary N) is 1. The van der Waals surface area contributed by atoms with E-state index >= 15 is 0 Å². The molecule has 0 saturated carbocycles. The molecular formula is C14H15BrN2O. The molecule has 0 amide bonds. The molecule has 0 aliphatic carbocycles. The van der Waals surface area contributed by atoms with Gasteiger partial charge in [0.05, 0.1) is 0 Å². The number of nitrogens with zero attached hydrogens (tertiary/aromatic N) is 1. The summed E-state index contributed by atoms with van der Waals surface area (Å²) in [5.74, 6) is 0.297. The van der Waals surface area contributed by atoms with Crippen LogP contribution in [0.5, 0.6) is 5.75 Å². The van der Waals surface area contributed by atoms with Crippen molar-refractivity contribution in [1.29, 1.82) is 0 Å². The van der Waals surface area contributed by atoms with Gasteiger partial charge >= 0.3 is 0 Å². The number of hydrogen-bond acceptors (Lipinski definition) is 3. The standard InChI is InChI=1S/C14H15BrN2O/c1-10(12-3-2-4-14(18)6-12)17-8-11-5-13(15)9-16-7-11/h2-7,9-10,17-18H,8H2,1H3. The summed E-state index contributed by atoms with van der Waals surface area (Å²) in [5, 5.41) is 12.8. The predicted molar refractivity (Wildman–Crippen MR) is 75.3 cm³/mol. The molecule has 0 spiro atoms. The molecule has 1 unspecified atom stereocenters. The maximum absolute atomic E-state index is 9.44. The molecule has 0 radical (unpaired) electrons. The number of hydrogen-bond donors (Lipinski definition) is 2. The van der Waals surface area contributed by atoms with Gasteiger partial charge in [0.25, 0.3) is 0 Å². The number of phenols is 1. The van der Waals surface area contributed by atoms with Gasteiger partial charge in [0.15, 0.2) is 0 Å². The molecule has 1 aromatic carbocycles. The van der Waals surface area contributed by atoms with Crippen molar-refractivity contribution in [2.45, 2.75) is 19.5 Å². The molecule has 0 aliphatic rings. The average molecular weight is 307 g/mol. The first-order valence-electron chi connectivity index (χ1n) is 5.77. The Morgan fingerprint density at radius 2 is 2.17 bits per heavy atom. The van der Waals surface area contributed by atoms with Gasteiger partial charge in [-0.3, -0.25) is 4.98 Å². The highest BCUT2D eigenvalue weighted by Crippen LogP contribution is 2.18. The topological polar surface area (TPSA) is 45.2 Å². The van der Waals surface area contributed by atoms with Gasteiger partial charge in [-0.2, -0.15) is 0 Å². The molecule has 94 valence electrons. The van der Waals surface area contributed by atoms with Crippen LogP contribution in [0, 0.1) is 0 Å². The molecule has 0 saturated heterocycles. The summed E-state index contributed by atoms with van der Waals surface area (Å²) in [4.78, 5) is 4.12. The summed E-state index contributed by atoms with van der Waals surface area (Å²) in [7, 11) is 0. The quantitative estimate of drug-likeness (QED) is 0.910. The van der Waals surface area contributed by atoms with Crippen LogP contribution >= 0.6 is 15.9 Å². The highest BCUT2D eigenvalue weighted by molar-refractivity contribution is 9.10. The molecule has 0 fully saturated rings. The van der Waals surface area contributed by atoms with Crippen molar-refractivity contribution in [2.75, 3.05) is 0 Å². The SMILES string of the molecule is CC(NCc1cncc(Br)c1)c1cccc(O)c1. The van der Waals surface area contributed by atoms with E-state index in [0.29, 0.717) is 5.75 Å². The number of pyridine rings is 1. The van der Waals surface area contributed by atoms with Gasteiger partial charge in [-0.15, -0.1) is 0 Å². The number of aromatic hydroxyl groups is 1. The number of aromatic nitrogens is 1. The van der Waals surface area contributed by atoms with E-state index in [1.54, 1.807) is 18.3 Å². The van der Waals surface area contributed by atoms with E-state index in [0.717, 1.165) is 22.1 Å². The van der Waals surface area contributed by atoms with Crippen molar-refractivity contribution in [3.8, 4) is 5.75 Å². The van der Waals surface area contributed by atoms with Crippen molar-refractivity contribution >= 4 is 15.9 Å². The molecule has 0 bridgehead atoms. The Morgan fingerprint density at radius 1 is 1.33 bits per heavy atom. The van der Waals surface area contributed by atoms with Crippen LogP contribution in [0.1, 0.15) is 24.1 Å². The van der Waals surface area contributed by atoms with Crippen LogP contribution in [-0.4, -0.2) is 10.1 Å². The van der Waals surface area contributed by atoms with Gasteiger partial charge in [-0.25, -0.2) is 0 Å². The van der Waals surface area contributed by atoms with E-state index < -0.39 is 0 Å². The number of benzene rings is 1. The van der Waals surface area contributed by atoms with Gasteiger partial charge in [0.1, 0.15) is 5.75 Å². The van der Waals surface area contributed by atoms with Crippen LogP contribution in [0.4, 0.5) is 0 Å². The largest absolute Gasteiger partial charge is 0.508 e. The molecule has 4 heteroatoms. The molecule has 1 heterocycles. The summed E-state index contributed by atoms with van der Waals surface area (Å²) in [6, 6.07) is 9.51. The lowest BCUT2D eigenvalue weighted by Crippen LogP contribution is -2.18. The Kier molecular flexibility index (Phi) is 4.33. The van der Waals surface area contributed by atoms with E-state index in [-0.39, 0.29) is 6.04 Å². The first kappa shape index (κ1) is 13.1. The predicted octanol–water partition coefficient (Wildman–Crippen LogP) is 3.40. The van der Waals surface area contributed by atoms with Crippen LogP contribution in [0.2, 0.25) is 0 Å². The zero-order chi connectivity index (χ0) is 13.0. The third-order valence-corrected chi connectivity index (χ3v) is 3.18. The fourth-order valence-corrected chi connectivity index (χ4v) is 2.15. The van der Waals surface area contributed by atoms with Crippen molar-refractivity contribution in [1.82, 2.24) is 10.3 Å². The van der Waals surface area contributed by atoms with Crippen molar-refractivity contribution in [3.05, 3.63) is 58.3 Å². The highest BCUT2D eigenvalue weighted by atomic mass is 79.9. The van der Waals surface area contributed by atoms with Gasteiger partial charge in [-0.05, 0) is 52.2 Å². The second kappa shape index (κ2) is 5.98. The molecule has 2 N–H and O–H groups in total. The zero-order valence-electron chi connectivity index (χ0n) is 10.1. The fraction of sp³-hybridized carbons (Fsp3) is 0.214. The summed E-state index contributed by atoms with van der Waals surface area (Å²) < 4.78 is 0.979. The third-order valence-electron chi connectivity index (χ3n) is 2.74. The van der Waals surface area contributed by atoms with Crippen molar-refractivity contribution < 1.29 is 5.11 Å². The van der Waals surface area contributed by atoms with E-state index in [9.17, 15) is 5.11 Å². The van der Waals surface area contributed by atoms with Gasteiger partial charge in [0.2, 0.25) is 0 Å². The zero-order valence-corrected chi connectivity index (χ0v) is 11.7. The first-order valence-corrected chi connectivity index (χ1v) is 6.56. The van der Waals surface area contributed by atoms with E-state index in [2.05, 4.69) is 33.2 Å². The molecule has 3 nitrogen and oxygen atoms in total. The molecular weight excluding hydrogens is 292 g/mol. The van der Waals surface area contributed by atoms with Crippen LogP contribution < -0.4 is 5.32 Å². The summed E-state index contributed by atoms with van der Waals surface area (Å²) in [5.41, 5.74) is 2.19. The lowest BCUT2D eigenvalue weighted by molar-refractivity contribution is 0.472. The second-order valence-electron chi connectivity index (χ2n) is 4.21. The molecule has 2 aromatic rings. The Labute approximate surface area is 115 Å². The van der Waals surface area contributed by atoms with Gasteiger partial charge in [0, 0.05) is 29.5 Å². The Bertz CT molecular complexity index is 531. The summed E-state index contributed by atoms with van der Waals surface area (Å²) in [6.45, 7) is 2.81. The minimum atomic E-state index is 0.177. The molecule has 2 rings (SSSR count). The lowest BCUT2D eigenvalue weighted by atomic mass is 10.1. The maximum atomic E-state index is 9.44. The monoisotopic (exact) mass is 306 g/mol. The van der Waals surface area contributed by atoms with Crippen LogP contribution in [-0.2, 0) is 6.54 Å². The van der Waals surface area contributed by atoms with E-state index in [1.807, 2.05) is 24.4 Å². The van der Waals surface area contributed by atoms with E-state index in [1.165, 1.54) is 0 Å². The number of phenolic OH excluding ortho intramolecular Hbond substituents is 1. The van der Waals surface area contributed by atoms with Crippen LogP contribution in [0.25, 0.3) is 0 Å². The normalized spacial score (nSPS) is 12.3. The summed E-state index contributed by atoms with van der Waals surface area (Å²) >= 11 is 3.40. The fourth-order valence-electron chi connectivity index (χ4n) is 1.74. The van der Waals surface area contributed by atoms with E-state index in [4.69, 9.17) is 0 Å². The smallest absolute Gasteiger partial charge is 0.115 e. The minimum Gasteiger partial charge on any atom is -0.508 e. The maximum Gasteiger partial charge on any atom is 0.115 e. The Hall–Kier alpha value is -1.39. The summed E-state index contributed by atoms with van der Waals surface area (Å²) in [6.07, 6.45) is 3.61. The molecule has 0 aliphatic heterocycles. The molecule has 1 aromatic heterocycles. The molecule has 1 atom stereocenters. The van der Waals surface area contributed by atoms with Gasteiger partial charge in [-0.1, -0.05) is 12.1 Å². The highest BCUT2D eigenvalue weighted by Gasteiger charge is 2.05. The molecule has 18 heavy (non-hydrogen) atoms. The van der Waals surface area contributed by atoms with Crippen LogP contribution in [0.15, 0.2) is 47.2 Å². The second-order valence-corrected chi connectivity index (χ2v) is 5.12. The Balaban J connectivity index is 1.98. The van der Waals surface area contributed by atoms with Crippen molar-refractivity contribution in [3.63, 3.8) is 0 Å². The number of halogens is 1. The first-order chi connectivity index (χ1) is 8.65. The van der Waals surface area contributed by atoms with Gasteiger partial charge < -0.3 is 10.4 Å². The van der Waals surface area contributed by atoms with Crippen LogP contribution in [0.3, 0.4) is 0 Å². The number of rotatable bonds is 4. The average Bonchev–Trinajstić information content (AvgIpc) is 2.36. The third kappa shape index (κ3) is 3.55. The van der Waals surface area contributed by atoms with Crippen molar-refractivity contribution in [2.24, 2.45) is 0 Å². The lowest BCUT2D eigenvalue weighted by Gasteiger charge is -2.14. The minimum absolute atomic E-state index is 0.177. The Morgan fingerprint density at radius 3 is 2.89 bits per heavy atom.